The van der Waals surface area contributed by atoms with Crippen LogP contribution in [-0.4, -0.2) is 46.2 Å². The number of aromatic carboxylic acids is 1. The zero-order valence-corrected chi connectivity index (χ0v) is 14.1. The quantitative estimate of drug-likeness (QED) is 0.692. The summed E-state index contributed by atoms with van der Waals surface area (Å²) in [6.45, 7) is 1.72. The zero-order chi connectivity index (χ0) is 18.4. The Morgan fingerprint density at radius 1 is 1.27 bits per heavy atom. The highest BCUT2D eigenvalue weighted by Crippen LogP contribution is 2.12. The van der Waals surface area contributed by atoms with Gasteiger partial charge in [0.2, 0.25) is 0 Å². The molecule has 8 heteroatoms. The number of nitrogens with zero attached hydrogens (tertiary/aromatic N) is 2. The molecule has 1 aliphatic heterocycles. The summed E-state index contributed by atoms with van der Waals surface area (Å²) in [4.78, 5) is 30.8. The molecule has 0 aliphatic carbocycles. The van der Waals surface area contributed by atoms with Gasteiger partial charge in [-0.1, -0.05) is 12.1 Å². The molecule has 0 spiro atoms. The van der Waals surface area contributed by atoms with E-state index in [1.807, 2.05) is 12.1 Å². The number of carbonyl (C=O) groups excluding carboxylic acids is 1. The van der Waals surface area contributed by atoms with Crippen LogP contribution < -0.4 is 10.6 Å². The molecule has 136 valence electrons. The van der Waals surface area contributed by atoms with Crippen LogP contribution in [0.2, 0.25) is 0 Å². The Labute approximate surface area is 150 Å². The van der Waals surface area contributed by atoms with E-state index in [9.17, 15) is 9.59 Å². The molecule has 1 saturated heterocycles. The van der Waals surface area contributed by atoms with Gasteiger partial charge in [-0.05, 0) is 30.5 Å². The number of carboxylic acids is 1. The highest BCUT2D eigenvalue weighted by Gasteiger charge is 2.16. The lowest BCUT2D eigenvalue weighted by molar-refractivity contribution is 0.0689. The number of anilines is 1. The van der Waals surface area contributed by atoms with E-state index in [-0.39, 0.29) is 17.7 Å². The average molecular weight is 356 g/mol. The van der Waals surface area contributed by atoms with E-state index in [1.54, 1.807) is 12.1 Å². The highest BCUT2D eigenvalue weighted by atomic mass is 16.5. The summed E-state index contributed by atoms with van der Waals surface area (Å²) in [5, 5.41) is 14.8. The maximum Gasteiger partial charge on any atom is 0.356 e. The van der Waals surface area contributed by atoms with Crippen LogP contribution in [-0.2, 0) is 11.3 Å². The highest BCUT2D eigenvalue weighted by molar-refractivity contribution is 5.94. The van der Waals surface area contributed by atoms with Gasteiger partial charge < -0.3 is 20.5 Å². The number of hydrogen-bond donors (Lipinski definition) is 3. The molecule has 8 nitrogen and oxygen atoms in total. The number of carbonyl (C=O) groups is 2. The molecule has 1 fully saturated rings. The van der Waals surface area contributed by atoms with Gasteiger partial charge in [-0.15, -0.1) is 0 Å². The Kier molecular flexibility index (Phi) is 5.75. The van der Waals surface area contributed by atoms with E-state index in [0.29, 0.717) is 24.5 Å². The molecular formula is C18H20N4O4. The van der Waals surface area contributed by atoms with Gasteiger partial charge in [0, 0.05) is 25.3 Å². The summed E-state index contributed by atoms with van der Waals surface area (Å²) in [6, 6.07) is 7.27. The predicted octanol–water partition coefficient (Wildman–Crippen LogP) is 1.70. The lowest BCUT2D eigenvalue weighted by Crippen LogP contribution is -2.31. The largest absolute Gasteiger partial charge is 0.476 e. The van der Waals surface area contributed by atoms with Crippen molar-refractivity contribution in [1.29, 1.82) is 0 Å². The molecule has 1 aromatic carbocycles. The first-order chi connectivity index (χ1) is 12.6. The summed E-state index contributed by atoms with van der Waals surface area (Å²) in [7, 11) is 0. The third-order valence-electron chi connectivity index (χ3n) is 4.05. The maximum absolute atomic E-state index is 12.3. The van der Waals surface area contributed by atoms with Crippen molar-refractivity contribution in [2.75, 3.05) is 18.5 Å². The second kappa shape index (κ2) is 8.39. The third kappa shape index (κ3) is 4.76. The molecule has 0 bridgehead atoms. The lowest BCUT2D eigenvalue weighted by atomic mass is 10.1. The van der Waals surface area contributed by atoms with Crippen molar-refractivity contribution in [1.82, 2.24) is 15.3 Å². The first-order valence-electron chi connectivity index (χ1n) is 8.40. The molecule has 3 N–H and O–H groups in total. The van der Waals surface area contributed by atoms with Crippen LogP contribution in [0.15, 0.2) is 36.7 Å². The van der Waals surface area contributed by atoms with Crippen molar-refractivity contribution < 1.29 is 19.4 Å². The Hall–Kier alpha value is -3.00. The van der Waals surface area contributed by atoms with E-state index >= 15 is 0 Å². The number of rotatable bonds is 7. The average Bonchev–Trinajstić information content (AvgIpc) is 3.18. The van der Waals surface area contributed by atoms with Crippen LogP contribution in [0.25, 0.3) is 0 Å². The van der Waals surface area contributed by atoms with E-state index in [0.717, 1.165) is 25.0 Å². The number of benzene rings is 1. The van der Waals surface area contributed by atoms with Crippen molar-refractivity contribution in [2.45, 2.75) is 25.5 Å². The van der Waals surface area contributed by atoms with Crippen LogP contribution >= 0.6 is 0 Å². The van der Waals surface area contributed by atoms with Gasteiger partial charge in [0.25, 0.3) is 5.91 Å². The summed E-state index contributed by atoms with van der Waals surface area (Å²) >= 11 is 0. The molecule has 3 rings (SSSR count). The van der Waals surface area contributed by atoms with E-state index in [2.05, 4.69) is 20.6 Å². The first kappa shape index (κ1) is 17.8. The molecular weight excluding hydrogens is 336 g/mol. The van der Waals surface area contributed by atoms with Crippen LogP contribution in [0.5, 0.6) is 0 Å². The molecule has 26 heavy (non-hydrogen) atoms. The van der Waals surface area contributed by atoms with Gasteiger partial charge in [-0.3, -0.25) is 4.79 Å². The first-order valence-corrected chi connectivity index (χ1v) is 8.40. The molecule has 1 amide bonds. The fourth-order valence-corrected chi connectivity index (χ4v) is 2.66. The monoisotopic (exact) mass is 356 g/mol. The minimum atomic E-state index is -1.12. The van der Waals surface area contributed by atoms with Crippen molar-refractivity contribution in [2.24, 2.45) is 0 Å². The normalized spacial score (nSPS) is 16.2. The summed E-state index contributed by atoms with van der Waals surface area (Å²) in [5.41, 5.74) is 1.37. The van der Waals surface area contributed by atoms with Crippen molar-refractivity contribution >= 4 is 17.7 Å². The third-order valence-corrected chi connectivity index (χ3v) is 4.05. The van der Waals surface area contributed by atoms with Gasteiger partial charge in [0.05, 0.1) is 18.5 Å². The standard InChI is InChI=1S/C18H20N4O4/c23-17(22-9-14-5-2-6-26-14)13-4-1-3-12(7-13)8-20-16-11-19-15(10-21-16)18(24)25/h1,3-4,7,10-11,14H,2,5-6,8-9H2,(H,20,21)(H,22,23)(H,24,25). The van der Waals surface area contributed by atoms with Gasteiger partial charge >= 0.3 is 5.97 Å². The van der Waals surface area contributed by atoms with Gasteiger partial charge in [-0.2, -0.15) is 0 Å². The van der Waals surface area contributed by atoms with Crippen molar-refractivity contribution in [3.8, 4) is 0 Å². The van der Waals surface area contributed by atoms with Gasteiger partial charge in [-0.25, -0.2) is 14.8 Å². The van der Waals surface area contributed by atoms with Crippen molar-refractivity contribution in [3.05, 3.63) is 53.5 Å². The Bertz CT molecular complexity index is 773. The minimum Gasteiger partial charge on any atom is -0.476 e. The second-order valence-corrected chi connectivity index (χ2v) is 5.99. The Morgan fingerprint density at radius 3 is 2.85 bits per heavy atom. The fourth-order valence-electron chi connectivity index (χ4n) is 2.66. The number of carboxylic acid groups (broad SMARTS) is 1. The van der Waals surface area contributed by atoms with Gasteiger partial charge in [0.15, 0.2) is 5.69 Å². The summed E-state index contributed by atoms with van der Waals surface area (Å²) in [6.07, 6.45) is 4.68. The maximum atomic E-state index is 12.3. The molecule has 0 radical (unpaired) electrons. The molecule has 2 heterocycles. The summed E-state index contributed by atoms with van der Waals surface area (Å²) < 4.78 is 5.50. The van der Waals surface area contributed by atoms with E-state index in [1.165, 1.54) is 12.4 Å². The number of nitrogens with one attached hydrogen (secondary N) is 2. The molecule has 1 unspecified atom stereocenters. The van der Waals surface area contributed by atoms with E-state index < -0.39 is 5.97 Å². The SMILES string of the molecule is O=C(NCC1CCCO1)c1cccc(CNc2cnc(C(=O)O)cn2)c1. The number of aromatic nitrogens is 2. The van der Waals surface area contributed by atoms with Gasteiger partial charge in [0.1, 0.15) is 5.82 Å². The predicted molar refractivity (Wildman–Crippen MR) is 94.1 cm³/mol. The molecule has 0 saturated carbocycles. The Balaban J connectivity index is 1.54. The van der Waals surface area contributed by atoms with Crippen LogP contribution in [0.4, 0.5) is 5.82 Å². The van der Waals surface area contributed by atoms with Crippen LogP contribution in [0.3, 0.4) is 0 Å². The van der Waals surface area contributed by atoms with Crippen LogP contribution in [0.1, 0.15) is 39.3 Å². The Morgan fingerprint density at radius 2 is 2.15 bits per heavy atom. The molecule has 1 atom stereocenters. The van der Waals surface area contributed by atoms with Crippen molar-refractivity contribution in [3.63, 3.8) is 0 Å². The lowest BCUT2D eigenvalue weighted by Gasteiger charge is -2.11. The number of amides is 1. The number of hydrogen-bond acceptors (Lipinski definition) is 6. The molecule has 1 aliphatic rings. The number of ether oxygens (including phenoxy) is 1. The zero-order valence-electron chi connectivity index (χ0n) is 14.1. The van der Waals surface area contributed by atoms with Crippen LogP contribution in [0, 0.1) is 0 Å². The summed E-state index contributed by atoms with van der Waals surface area (Å²) in [5.74, 6) is -0.790. The second-order valence-electron chi connectivity index (χ2n) is 5.99. The van der Waals surface area contributed by atoms with E-state index in [4.69, 9.17) is 9.84 Å². The molecule has 2 aromatic rings. The fraction of sp³-hybridized carbons (Fsp3) is 0.333. The minimum absolute atomic E-state index is 0.108. The topological polar surface area (TPSA) is 113 Å². The smallest absolute Gasteiger partial charge is 0.356 e. The molecule has 1 aromatic heterocycles.